The van der Waals surface area contributed by atoms with Crippen molar-refractivity contribution in [1.29, 1.82) is 0 Å². The minimum absolute atomic E-state index is 0.109. The average Bonchev–Trinajstić information content (AvgIpc) is 3.27. The van der Waals surface area contributed by atoms with Crippen LogP contribution in [0.3, 0.4) is 0 Å². The Labute approximate surface area is 186 Å². The van der Waals surface area contributed by atoms with Gasteiger partial charge in [0, 0.05) is 43.9 Å². The summed E-state index contributed by atoms with van der Waals surface area (Å²) in [5, 5.41) is 2.99. The normalized spacial score (nSPS) is 14.3. The topological polar surface area (TPSA) is 87.1 Å². The summed E-state index contributed by atoms with van der Waals surface area (Å²) in [5.41, 5.74) is 2.98. The van der Waals surface area contributed by atoms with E-state index >= 15 is 0 Å². The molecule has 1 saturated heterocycles. The van der Waals surface area contributed by atoms with Gasteiger partial charge in [0.1, 0.15) is 6.33 Å². The number of nitrogens with one attached hydrogen (secondary N) is 1. The number of hydrogen-bond acceptors (Lipinski definition) is 7. The van der Waals surface area contributed by atoms with E-state index in [0.717, 1.165) is 49.6 Å². The van der Waals surface area contributed by atoms with Gasteiger partial charge in [-0.3, -0.25) is 14.3 Å². The number of amides is 1. The molecular formula is C23H28N4O5. The number of benzene rings is 2. The van der Waals surface area contributed by atoms with Gasteiger partial charge >= 0.3 is 0 Å². The van der Waals surface area contributed by atoms with Crippen molar-refractivity contribution >= 4 is 16.9 Å². The summed E-state index contributed by atoms with van der Waals surface area (Å²) < 4.78 is 23.6. The quantitative estimate of drug-likeness (QED) is 0.574. The molecule has 0 saturated carbocycles. The molecule has 9 heteroatoms. The maximum atomic E-state index is 12.6. The Morgan fingerprint density at radius 2 is 1.78 bits per heavy atom. The zero-order valence-electron chi connectivity index (χ0n) is 18.6. The number of hydrogen-bond donors (Lipinski definition) is 1. The molecule has 2 heterocycles. The minimum atomic E-state index is -0.109. The van der Waals surface area contributed by atoms with E-state index in [1.54, 1.807) is 33.7 Å². The van der Waals surface area contributed by atoms with Crippen molar-refractivity contribution in [2.75, 3.05) is 60.7 Å². The highest BCUT2D eigenvalue weighted by Crippen LogP contribution is 2.39. The van der Waals surface area contributed by atoms with Gasteiger partial charge in [0.25, 0.3) is 5.91 Å². The molecule has 0 radical (unpaired) electrons. The molecule has 1 aromatic heterocycles. The Morgan fingerprint density at radius 3 is 2.44 bits per heavy atom. The van der Waals surface area contributed by atoms with E-state index in [9.17, 15) is 4.79 Å². The first-order valence-electron chi connectivity index (χ1n) is 10.5. The third kappa shape index (κ3) is 4.49. The van der Waals surface area contributed by atoms with Crippen LogP contribution in [0, 0.1) is 0 Å². The molecule has 1 amide bonds. The molecule has 0 atom stereocenters. The zero-order valence-corrected chi connectivity index (χ0v) is 18.6. The van der Waals surface area contributed by atoms with E-state index in [1.807, 2.05) is 28.8 Å². The smallest absolute Gasteiger partial charge is 0.251 e. The number of morpholine rings is 1. The van der Waals surface area contributed by atoms with E-state index in [0.29, 0.717) is 29.4 Å². The van der Waals surface area contributed by atoms with Gasteiger partial charge in [0.05, 0.1) is 51.3 Å². The van der Waals surface area contributed by atoms with Gasteiger partial charge in [-0.1, -0.05) is 0 Å². The predicted octanol–water partition coefficient (Wildman–Crippen LogP) is 2.11. The Kier molecular flexibility index (Phi) is 6.77. The number of aromatic nitrogens is 2. The molecule has 1 N–H and O–H groups in total. The van der Waals surface area contributed by atoms with E-state index in [1.165, 1.54) is 0 Å². The highest BCUT2D eigenvalue weighted by Gasteiger charge is 2.16. The van der Waals surface area contributed by atoms with Gasteiger partial charge in [-0.05, 0) is 18.2 Å². The van der Waals surface area contributed by atoms with Crippen LogP contribution in [0.2, 0.25) is 0 Å². The molecule has 0 unspecified atom stereocenters. The van der Waals surface area contributed by atoms with Crippen LogP contribution < -0.4 is 19.5 Å². The number of ether oxygens (including phenoxy) is 4. The molecule has 1 fully saturated rings. The number of carbonyl (C=O) groups is 1. The van der Waals surface area contributed by atoms with Crippen LogP contribution in [0.1, 0.15) is 10.4 Å². The lowest BCUT2D eigenvalue weighted by molar-refractivity contribution is 0.0383. The summed E-state index contributed by atoms with van der Waals surface area (Å²) in [4.78, 5) is 19.4. The zero-order chi connectivity index (χ0) is 22.5. The highest BCUT2D eigenvalue weighted by molar-refractivity contribution is 5.97. The van der Waals surface area contributed by atoms with Crippen LogP contribution in [-0.2, 0) is 4.74 Å². The van der Waals surface area contributed by atoms with Gasteiger partial charge in [-0.2, -0.15) is 0 Å². The first-order valence-corrected chi connectivity index (χ1v) is 10.5. The number of fused-ring (bicyclic) bond motifs is 1. The highest BCUT2D eigenvalue weighted by atomic mass is 16.5. The standard InChI is InChI=1S/C23H28N4O5/c1-29-20-13-17(14-21(30-2)22(20)31-3)27-15-25-18-12-16(4-5-19(18)27)23(28)24-6-7-26-8-10-32-11-9-26/h4-5,12-15H,6-11H2,1-3H3,(H,24,28). The maximum absolute atomic E-state index is 12.6. The second-order valence-corrected chi connectivity index (χ2v) is 7.41. The molecule has 3 aromatic rings. The van der Waals surface area contributed by atoms with Gasteiger partial charge < -0.3 is 24.3 Å². The van der Waals surface area contributed by atoms with Crippen molar-refractivity contribution in [1.82, 2.24) is 19.8 Å². The largest absolute Gasteiger partial charge is 0.493 e. The number of rotatable bonds is 8. The fraction of sp³-hybridized carbons (Fsp3) is 0.391. The summed E-state index contributed by atoms with van der Waals surface area (Å²) in [6, 6.07) is 9.21. The van der Waals surface area contributed by atoms with Gasteiger partial charge in [-0.15, -0.1) is 0 Å². The maximum Gasteiger partial charge on any atom is 0.251 e. The lowest BCUT2D eigenvalue weighted by Gasteiger charge is -2.26. The van der Waals surface area contributed by atoms with Gasteiger partial charge in [0.15, 0.2) is 11.5 Å². The summed E-state index contributed by atoms with van der Waals surface area (Å²) in [6.07, 6.45) is 1.71. The molecule has 9 nitrogen and oxygen atoms in total. The number of nitrogens with zero attached hydrogens (tertiary/aromatic N) is 3. The number of imidazole rings is 1. The number of carbonyl (C=O) groups excluding carboxylic acids is 1. The van der Waals surface area contributed by atoms with Gasteiger partial charge in [0.2, 0.25) is 5.75 Å². The Morgan fingerprint density at radius 1 is 1.06 bits per heavy atom. The molecule has 0 spiro atoms. The molecule has 4 rings (SSSR count). The van der Waals surface area contributed by atoms with E-state index in [2.05, 4.69) is 15.2 Å². The molecule has 1 aliphatic heterocycles. The first-order chi connectivity index (χ1) is 15.6. The third-order valence-corrected chi connectivity index (χ3v) is 5.55. The third-order valence-electron chi connectivity index (χ3n) is 5.55. The first kappa shape index (κ1) is 21.9. The Balaban J connectivity index is 1.52. The second kappa shape index (κ2) is 9.88. The van der Waals surface area contributed by atoms with Crippen molar-refractivity contribution in [3.63, 3.8) is 0 Å². The van der Waals surface area contributed by atoms with Crippen molar-refractivity contribution in [3.05, 3.63) is 42.2 Å². The average molecular weight is 441 g/mol. The molecule has 0 aliphatic carbocycles. The van der Waals surface area contributed by atoms with Crippen LogP contribution in [0.5, 0.6) is 17.2 Å². The molecule has 170 valence electrons. The molecule has 32 heavy (non-hydrogen) atoms. The van der Waals surface area contributed by atoms with Crippen LogP contribution in [-0.4, -0.2) is 81.1 Å². The molecule has 0 bridgehead atoms. The predicted molar refractivity (Wildman–Crippen MR) is 120 cm³/mol. The summed E-state index contributed by atoms with van der Waals surface area (Å²) in [6.45, 7) is 4.71. The van der Waals surface area contributed by atoms with E-state index in [-0.39, 0.29) is 5.91 Å². The summed E-state index contributed by atoms with van der Waals surface area (Å²) in [5.74, 6) is 1.53. The van der Waals surface area contributed by atoms with Crippen molar-refractivity contribution in [3.8, 4) is 22.9 Å². The van der Waals surface area contributed by atoms with Gasteiger partial charge in [-0.25, -0.2) is 4.98 Å². The van der Waals surface area contributed by atoms with Crippen LogP contribution in [0.25, 0.3) is 16.7 Å². The van der Waals surface area contributed by atoms with Crippen molar-refractivity contribution < 1.29 is 23.7 Å². The van der Waals surface area contributed by atoms with Crippen LogP contribution >= 0.6 is 0 Å². The lowest BCUT2D eigenvalue weighted by Crippen LogP contribution is -2.41. The molecule has 2 aromatic carbocycles. The monoisotopic (exact) mass is 440 g/mol. The molecule has 1 aliphatic rings. The molecular weight excluding hydrogens is 412 g/mol. The van der Waals surface area contributed by atoms with Crippen molar-refractivity contribution in [2.24, 2.45) is 0 Å². The Bertz CT molecular complexity index is 1070. The minimum Gasteiger partial charge on any atom is -0.493 e. The van der Waals surface area contributed by atoms with Crippen LogP contribution in [0.15, 0.2) is 36.7 Å². The van der Waals surface area contributed by atoms with E-state index < -0.39 is 0 Å². The van der Waals surface area contributed by atoms with Crippen LogP contribution in [0.4, 0.5) is 0 Å². The SMILES string of the molecule is COc1cc(-n2cnc3cc(C(=O)NCCN4CCOCC4)ccc32)cc(OC)c1OC. The number of methoxy groups -OCH3 is 3. The second-order valence-electron chi connectivity index (χ2n) is 7.41. The summed E-state index contributed by atoms with van der Waals surface area (Å²) >= 11 is 0. The summed E-state index contributed by atoms with van der Waals surface area (Å²) in [7, 11) is 4.73. The fourth-order valence-corrected chi connectivity index (χ4v) is 3.82. The Hall–Kier alpha value is -3.30. The lowest BCUT2D eigenvalue weighted by atomic mass is 10.1. The fourth-order valence-electron chi connectivity index (χ4n) is 3.82. The van der Waals surface area contributed by atoms with E-state index in [4.69, 9.17) is 18.9 Å². The van der Waals surface area contributed by atoms with Crippen molar-refractivity contribution in [2.45, 2.75) is 0 Å².